The van der Waals surface area contributed by atoms with Gasteiger partial charge in [-0.3, -0.25) is 4.79 Å². The fourth-order valence-electron chi connectivity index (χ4n) is 3.40. The summed E-state index contributed by atoms with van der Waals surface area (Å²) in [6, 6.07) is 5.06. The number of piperidine rings is 1. The molecule has 1 saturated heterocycles. The smallest absolute Gasteiger partial charge is 0.336 e. The molecule has 1 aromatic carbocycles. The number of hydrogen-bond acceptors (Lipinski definition) is 8. The number of carbonyl (C=O) groups is 1. The monoisotopic (exact) mass is 407 g/mol. The summed E-state index contributed by atoms with van der Waals surface area (Å²) in [5, 5.41) is 6.91. The highest BCUT2D eigenvalue weighted by molar-refractivity contribution is 7.91. The van der Waals surface area contributed by atoms with Crippen LogP contribution < -0.4 is 9.47 Å². The number of nitrogens with zero attached hydrogens (tertiary/aromatic N) is 3. The van der Waals surface area contributed by atoms with Crippen molar-refractivity contribution in [2.75, 3.05) is 25.5 Å². The summed E-state index contributed by atoms with van der Waals surface area (Å²) in [6.45, 7) is 3.40. The normalized spacial score (nSPS) is 19.5. The van der Waals surface area contributed by atoms with E-state index in [0.29, 0.717) is 36.8 Å². The molecule has 1 atom stereocenters. The summed E-state index contributed by atoms with van der Waals surface area (Å²) in [6.07, 6.45) is 2.80. The molecule has 1 amide bonds. The predicted molar refractivity (Wildman–Crippen MR) is 97.8 cm³/mol. The third-order valence-electron chi connectivity index (χ3n) is 4.90. The van der Waals surface area contributed by atoms with E-state index in [2.05, 4.69) is 10.2 Å². The Morgan fingerprint density at radius 1 is 1.18 bits per heavy atom. The van der Waals surface area contributed by atoms with Gasteiger partial charge >= 0.3 is 5.22 Å². The van der Waals surface area contributed by atoms with Gasteiger partial charge in [0.25, 0.3) is 0 Å². The summed E-state index contributed by atoms with van der Waals surface area (Å²) in [4.78, 5) is 14.1. The topological polar surface area (TPSA) is 112 Å². The van der Waals surface area contributed by atoms with Crippen molar-refractivity contribution < 1.29 is 27.1 Å². The third-order valence-corrected chi connectivity index (χ3v) is 6.22. The second-order valence-corrected chi connectivity index (χ2v) is 8.79. The fraction of sp³-hybridized carbons (Fsp3) is 0.500. The molecular formula is C18H21N3O6S. The zero-order valence-electron chi connectivity index (χ0n) is 15.5. The maximum atomic E-state index is 12.6. The van der Waals surface area contributed by atoms with Crippen molar-refractivity contribution in [3.63, 3.8) is 0 Å². The van der Waals surface area contributed by atoms with Gasteiger partial charge < -0.3 is 18.8 Å². The van der Waals surface area contributed by atoms with Crippen molar-refractivity contribution >= 4 is 15.7 Å². The van der Waals surface area contributed by atoms with Crippen molar-refractivity contribution in [2.24, 2.45) is 0 Å². The van der Waals surface area contributed by atoms with Crippen LogP contribution in [0.4, 0.5) is 0 Å². The van der Waals surface area contributed by atoms with Crippen LogP contribution in [-0.4, -0.2) is 61.0 Å². The summed E-state index contributed by atoms with van der Waals surface area (Å²) in [5.41, 5.74) is 0.508. The van der Waals surface area contributed by atoms with Crippen molar-refractivity contribution in [3.8, 4) is 23.0 Å². The Kier molecular flexibility index (Phi) is 4.96. The van der Waals surface area contributed by atoms with Crippen LogP contribution in [0.25, 0.3) is 11.5 Å². The van der Waals surface area contributed by atoms with Crippen LogP contribution in [-0.2, 0) is 14.6 Å². The molecule has 9 nitrogen and oxygen atoms in total. The Hall–Kier alpha value is -2.62. The first-order chi connectivity index (χ1) is 13.4. The molecule has 28 heavy (non-hydrogen) atoms. The molecule has 1 aromatic heterocycles. The second-order valence-electron chi connectivity index (χ2n) is 6.92. The molecule has 0 saturated carbocycles. The van der Waals surface area contributed by atoms with Gasteiger partial charge in [-0.1, -0.05) is 5.10 Å². The Bertz CT molecular complexity index is 987. The number of carbonyl (C=O) groups excluding carboxylic acids is 1. The molecule has 2 aliphatic rings. The zero-order chi connectivity index (χ0) is 19.7. The molecule has 10 heteroatoms. The first kappa shape index (κ1) is 18.7. The lowest BCUT2D eigenvalue weighted by molar-refractivity contribution is -0.131. The largest absolute Gasteiger partial charge is 0.486 e. The lowest BCUT2D eigenvalue weighted by atomic mass is 10.0. The highest BCUT2D eigenvalue weighted by Crippen LogP contribution is 2.34. The molecule has 0 spiro atoms. The molecule has 2 aromatic rings. The Balaban J connectivity index is 1.52. The second kappa shape index (κ2) is 7.42. The molecule has 0 aliphatic carbocycles. The van der Waals surface area contributed by atoms with Crippen LogP contribution >= 0.6 is 0 Å². The van der Waals surface area contributed by atoms with Crippen LogP contribution in [0, 0.1) is 0 Å². The Labute approximate surface area is 162 Å². The fourth-order valence-corrected chi connectivity index (χ4v) is 4.39. The average molecular weight is 407 g/mol. The first-order valence-electron chi connectivity index (χ1n) is 9.20. The van der Waals surface area contributed by atoms with Crippen molar-refractivity contribution in [3.05, 3.63) is 18.2 Å². The number of aromatic nitrogens is 2. The number of hydrogen-bond donors (Lipinski definition) is 0. The lowest BCUT2D eigenvalue weighted by Gasteiger charge is -2.33. The minimum absolute atomic E-state index is 0.0346. The summed E-state index contributed by atoms with van der Waals surface area (Å²) >= 11 is 0. The molecule has 150 valence electrons. The summed E-state index contributed by atoms with van der Waals surface area (Å²) < 4.78 is 41.5. The maximum absolute atomic E-state index is 12.6. The van der Waals surface area contributed by atoms with Gasteiger partial charge in [-0.15, -0.1) is 5.10 Å². The SMILES string of the molecule is CC1CCCCN1C(=O)CS(=O)(=O)c1nnc(-c2ccc3c(c2)OCCO3)o1. The average Bonchev–Trinajstić information content (AvgIpc) is 3.19. The Morgan fingerprint density at radius 3 is 2.75 bits per heavy atom. The number of benzene rings is 1. The number of likely N-dealkylation sites (tertiary alicyclic amines) is 1. The minimum Gasteiger partial charge on any atom is -0.486 e. The maximum Gasteiger partial charge on any atom is 0.336 e. The van der Waals surface area contributed by atoms with Gasteiger partial charge in [0.1, 0.15) is 19.0 Å². The lowest BCUT2D eigenvalue weighted by Crippen LogP contribution is -2.44. The Morgan fingerprint density at radius 2 is 1.96 bits per heavy atom. The van der Waals surface area contributed by atoms with Gasteiger partial charge in [-0.25, -0.2) is 8.42 Å². The minimum atomic E-state index is -4.02. The van der Waals surface area contributed by atoms with Gasteiger partial charge in [-0.05, 0) is 44.4 Å². The quantitative estimate of drug-likeness (QED) is 0.753. The van der Waals surface area contributed by atoms with Crippen molar-refractivity contribution in [2.45, 2.75) is 37.5 Å². The van der Waals surface area contributed by atoms with E-state index in [1.165, 1.54) is 0 Å². The molecule has 2 aliphatic heterocycles. The van der Waals surface area contributed by atoms with Gasteiger partial charge in [0, 0.05) is 18.2 Å². The van der Waals surface area contributed by atoms with Crippen molar-refractivity contribution in [1.29, 1.82) is 0 Å². The van der Waals surface area contributed by atoms with E-state index in [1.807, 2.05) is 6.92 Å². The van der Waals surface area contributed by atoms with Crippen LogP contribution in [0.1, 0.15) is 26.2 Å². The van der Waals surface area contributed by atoms with E-state index < -0.39 is 26.7 Å². The molecule has 0 radical (unpaired) electrons. The first-order valence-corrected chi connectivity index (χ1v) is 10.8. The van der Waals surface area contributed by atoms with Gasteiger partial charge in [0.05, 0.1) is 0 Å². The molecule has 1 unspecified atom stereocenters. The molecule has 0 N–H and O–H groups in total. The standard InChI is InChI=1S/C18H21N3O6S/c1-12-4-2-3-7-21(12)16(22)11-28(23,24)18-20-19-17(27-18)13-5-6-14-15(10-13)26-9-8-25-14/h5-6,10,12H,2-4,7-9,11H2,1H3. The third kappa shape index (κ3) is 3.68. The van der Waals surface area contributed by atoms with Crippen LogP contribution in [0.15, 0.2) is 27.8 Å². The number of sulfone groups is 1. The predicted octanol–water partition coefficient (Wildman–Crippen LogP) is 1.68. The molecule has 0 bridgehead atoms. The number of rotatable bonds is 4. The van der Waals surface area contributed by atoms with Crippen LogP contribution in [0.2, 0.25) is 0 Å². The number of fused-ring (bicyclic) bond motifs is 1. The van der Waals surface area contributed by atoms with Gasteiger partial charge in [-0.2, -0.15) is 0 Å². The number of amides is 1. The molecule has 1 fully saturated rings. The number of ether oxygens (including phenoxy) is 2. The highest BCUT2D eigenvalue weighted by Gasteiger charge is 2.31. The molecular weight excluding hydrogens is 386 g/mol. The zero-order valence-corrected chi connectivity index (χ0v) is 16.3. The molecule has 3 heterocycles. The van der Waals surface area contributed by atoms with Crippen LogP contribution in [0.3, 0.4) is 0 Å². The van der Waals surface area contributed by atoms with E-state index in [1.54, 1.807) is 23.1 Å². The van der Waals surface area contributed by atoms with E-state index in [4.69, 9.17) is 13.9 Å². The van der Waals surface area contributed by atoms with E-state index in [0.717, 1.165) is 19.3 Å². The van der Waals surface area contributed by atoms with E-state index >= 15 is 0 Å². The van der Waals surface area contributed by atoms with Crippen LogP contribution in [0.5, 0.6) is 11.5 Å². The van der Waals surface area contributed by atoms with Crippen molar-refractivity contribution in [1.82, 2.24) is 15.1 Å². The van der Waals surface area contributed by atoms with Gasteiger partial charge in [0.15, 0.2) is 11.5 Å². The van der Waals surface area contributed by atoms with Gasteiger partial charge in [0.2, 0.25) is 21.6 Å². The van der Waals surface area contributed by atoms with E-state index in [9.17, 15) is 13.2 Å². The molecule has 4 rings (SSSR count). The van der Waals surface area contributed by atoms with E-state index in [-0.39, 0.29) is 11.9 Å². The summed E-state index contributed by atoms with van der Waals surface area (Å²) in [7, 11) is -4.02. The summed E-state index contributed by atoms with van der Waals surface area (Å²) in [5.74, 6) is 0.0463. The highest BCUT2D eigenvalue weighted by atomic mass is 32.2.